The maximum atomic E-state index is 12.0. The molecule has 0 bridgehead atoms. The molecule has 0 saturated heterocycles. The fourth-order valence-electron chi connectivity index (χ4n) is 3.53. The van der Waals surface area contributed by atoms with Crippen molar-refractivity contribution in [3.8, 4) is 5.75 Å². The maximum absolute atomic E-state index is 12.0. The Morgan fingerprint density at radius 3 is 2.70 bits per heavy atom. The second-order valence-electron chi connectivity index (χ2n) is 7.43. The summed E-state index contributed by atoms with van der Waals surface area (Å²) in [5.41, 5.74) is 1.78. The molecule has 1 aromatic carbocycles. The normalized spacial score (nSPS) is 16.9. The van der Waals surface area contributed by atoms with Crippen LogP contribution in [0.1, 0.15) is 61.5 Å². The number of thioether (sulfide) groups is 1. The quantitative estimate of drug-likeness (QED) is 0.508. The van der Waals surface area contributed by atoms with Crippen molar-refractivity contribution >= 4 is 22.7 Å². The average molecular weight is 383 g/mol. The van der Waals surface area contributed by atoms with Crippen LogP contribution in [0.15, 0.2) is 32.6 Å². The van der Waals surface area contributed by atoms with Gasteiger partial charge in [0.1, 0.15) is 17.2 Å². The fraction of sp³-hybridized carbons (Fsp3) is 0.450. The van der Waals surface area contributed by atoms with Gasteiger partial charge >= 0.3 is 5.63 Å². The van der Waals surface area contributed by atoms with Gasteiger partial charge in [-0.25, -0.2) is 4.79 Å². The number of hydrogen-bond acceptors (Lipinski definition) is 6. The summed E-state index contributed by atoms with van der Waals surface area (Å²) in [4.78, 5) is 12.0. The summed E-state index contributed by atoms with van der Waals surface area (Å²) in [6, 6.07) is 5.55. The highest BCUT2D eigenvalue weighted by Gasteiger charge is 2.36. The molecule has 0 aliphatic heterocycles. The molecule has 1 N–H and O–H groups in total. The van der Waals surface area contributed by atoms with Gasteiger partial charge in [-0.1, -0.05) is 18.7 Å². The summed E-state index contributed by atoms with van der Waals surface area (Å²) in [5.74, 6) is 2.49. The lowest BCUT2D eigenvalue weighted by atomic mass is 10.1. The van der Waals surface area contributed by atoms with Crippen molar-refractivity contribution in [1.82, 2.24) is 14.8 Å². The lowest BCUT2D eigenvalue weighted by Crippen LogP contribution is -2.03. The average Bonchev–Trinajstić information content (AvgIpc) is 3.57. The second-order valence-corrected chi connectivity index (χ2v) is 8.37. The fourth-order valence-corrected chi connectivity index (χ4v) is 4.54. The van der Waals surface area contributed by atoms with E-state index in [1.807, 2.05) is 13.0 Å². The first kappa shape index (κ1) is 16.9. The molecule has 27 heavy (non-hydrogen) atoms. The molecule has 2 aliphatic carbocycles. The number of aryl methyl sites for hydroxylation is 1. The monoisotopic (exact) mass is 383 g/mol. The van der Waals surface area contributed by atoms with Crippen LogP contribution in [0, 0.1) is 0 Å². The van der Waals surface area contributed by atoms with Crippen molar-refractivity contribution in [1.29, 1.82) is 0 Å². The first-order valence-corrected chi connectivity index (χ1v) is 10.5. The molecular weight excluding hydrogens is 362 g/mol. The van der Waals surface area contributed by atoms with Gasteiger partial charge in [0, 0.05) is 35.2 Å². The van der Waals surface area contributed by atoms with Gasteiger partial charge in [-0.05, 0) is 49.3 Å². The molecule has 3 aromatic rings. The predicted octanol–water partition coefficient (Wildman–Crippen LogP) is 4.16. The Morgan fingerprint density at radius 2 is 2.00 bits per heavy atom. The summed E-state index contributed by atoms with van der Waals surface area (Å²) < 4.78 is 7.61. The van der Waals surface area contributed by atoms with E-state index in [2.05, 4.69) is 14.8 Å². The van der Waals surface area contributed by atoms with Crippen LogP contribution in [0.4, 0.5) is 0 Å². The molecular formula is C20H21N3O3S. The van der Waals surface area contributed by atoms with E-state index in [9.17, 15) is 9.90 Å². The number of hydrogen-bond donors (Lipinski definition) is 1. The van der Waals surface area contributed by atoms with Crippen molar-refractivity contribution in [3.63, 3.8) is 0 Å². The molecule has 0 atom stereocenters. The van der Waals surface area contributed by atoms with Crippen molar-refractivity contribution < 1.29 is 9.52 Å². The van der Waals surface area contributed by atoms with E-state index < -0.39 is 5.63 Å². The van der Waals surface area contributed by atoms with Crippen LogP contribution in [0.2, 0.25) is 0 Å². The number of fused-ring (bicyclic) bond motifs is 1. The third kappa shape index (κ3) is 3.14. The minimum atomic E-state index is -0.399. The summed E-state index contributed by atoms with van der Waals surface area (Å²) in [5, 5.41) is 20.8. The van der Waals surface area contributed by atoms with Gasteiger partial charge in [-0.15, -0.1) is 10.2 Å². The van der Waals surface area contributed by atoms with Crippen molar-refractivity contribution in [2.24, 2.45) is 0 Å². The van der Waals surface area contributed by atoms with Crippen LogP contribution in [0.25, 0.3) is 11.0 Å². The molecule has 140 valence electrons. The molecule has 5 rings (SSSR count). The van der Waals surface area contributed by atoms with E-state index in [4.69, 9.17) is 4.42 Å². The molecule has 2 aliphatic rings. The first-order valence-electron chi connectivity index (χ1n) is 9.50. The molecule has 2 heterocycles. The topological polar surface area (TPSA) is 81.2 Å². The van der Waals surface area contributed by atoms with Crippen molar-refractivity contribution in [2.75, 3.05) is 0 Å². The van der Waals surface area contributed by atoms with Gasteiger partial charge < -0.3 is 14.1 Å². The summed E-state index contributed by atoms with van der Waals surface area (Å²) in [6.45, 7) is 1.99. The minimum Gasteiger partial charge on any atom is -0.508 e. The van der Waals surface area contributed by atoms with Crippen LogP contribution >= 0.6 is 11.8 Å². The van der Waals surface area contributed by atoms with Gasteiger partial charge in [0.25, 0.3) is 0 Å². The molecule has 0 amide bonds. The highest BCUT2D eigenvalue weighted by atomic mass is 32.2. The molecule has 2 fully saturated rings. The number of rotatable bonds is 6. The number of phenols is 1. The highest BCUT2D eigenvalue weighted by Crippen LogP contribution is 2.46. The molecule has 0 spiro atoms. The largest absolute Gasteiger partial charge is 0.508 e. The third-order valence-electron chi connectivity index (χ3n) is 5.31. The predicted molar refractivity (Wildman–Crippen MR) is 103 cm³/mol. The van der Waals surface area contributed by atoms with Crippen LogP contribution < -0.4 is 5.63 Å². The number of benzene rings is 1. The lowest BCUT2D eigenvalue weighted by molar-refractivity contribution is 0.466. The number of phenolic OH excluding ortho intramolecular Hbond substituents is 1. The third-order valence-corrected chi connectivity index (χ3v) is 6.30. The van der Waals surface area contributed by atoms with Crippen LogP contribution in [0.3, 0.4) is 0 Å². The molecule has 6 nitrogen and oxygen atoms in total. The minimum absolute atomic E-state index is 0.167. The molecule has 0 unspecified atom stereocenters. The van der Waals surface area contributed by atoms with E-state index in [1.54, 1.807) is 23.9 Å². The Morgan fingerprint density at radius 1 is 1.19 bits per heavy atom. The zero-order valence-electron chi connectivity index (χ0n) is 15.1. The van der Waals surface area contributed by atoms with Crippen molar-refractivity contribution in [2.45, 2.75) is 61.9 Å². The smallest absolute Gasteiger partial charge is 0.336 e. The summed E-state index contributed by atoms with van der Waals surface area (Å²) in [7, 11) is 0. The van der Waals surface area contributed by atoms with E-state index in [1.165, 1.54) is 25.7 Å². The zero-order valence-corrected chi connectivity index (χ0v) is 16.0. The molecule has 7 heteroatoms. The number of aromatic hydroxyl groups is 1. The lowest BCUT2D eigenvalue weighted by Gasteiger charge is -2.10. The molecule has 2 aromatic heterocycles. The van der Waals surface area contributed by atoms with E-state index >= 15 is 0 Å². The van der Waals surface area contributed by atoms with Crippen molar-refractivity contribution in [3.05, 3.63) is 45.6 Å². The Kier molecular flexibility index (Phi) is 4.00. The van der Waals surface area contributed by atoms with E-state index in [-0.39, 0.29) is 5.75 Å². The number of aromatic nitrogens is 3. The van der Waals surface area contributed by atoms with Gasteiger partial charge in [-0.2, -0.15) is 0 Å². The Bertz CT molecular complexity index is 1080. The Balaban J connectivity index is 1.49. The van der Waals surface area contributed by atoms with Gasteiger partial charge in [0.2, 0.25) is 0 Å². The maximum Gasteiger partial charge on any atom is 0.336 e. The zero-order chi connectivity index (χ0) is 18.5. The SMILES string of the molecule is CCc1cc2c(CSc3nnc(C4CC4)n3C3CC3)cc(=O)oc2cc1O. The molecule has 2 saturated carbocycles. The van der Waals surface area contributed by atoms with Gasteiger partial charge in [0.05, 0.1) is 0 Å². The van der Waals surface area contributed by atoms with Crippen LogP contribution in [0.5, 0.6) is 5.75 Å². The Labute approximate surface area is 160 Å². The summed E-state index contributed by atoms with van der Waals surface area (Å²) >= 11 is 1.62. The first-order chi connectivity index (χ1) is 13.1. The van der Waals surface area contributed by atoms with E-state index in [0.29, 0.717) is 29.7 Å². The summed E-state index contributed by atoms with van der Waals surface area (Å²) in [6.07, 6.45) is 5.53. The van der Waals surface area contributed by atoms with E-state index in [0.717, 1.165) is 27.5 Å². The highest BCUT2D eigenvalue weighted by molar-refractivity contribution is 7.98. The number of nitrogens with zero attached hydrogens (tertiary/aromatic N) is 3. The van der Waals surface area contributed by atoms with Crippen LogP contribution in [-0.2, 0) is 12.2 Å². The molecule has 0 radical (unpaired) electrons. The Hall–Kier alpha value is -2.28. The van der Waals surface area contributed by atoms with Gasteiger partial charge in [0.15, 0.2) is 5.16 Å². The van der Waals surface area contributed by atoms with Crippen LogP contribution in [-0.4, -0.2) is 19.9 Å². The van der Waals surface area contributed by atoms with Gasteiger partial charge in [-0.3, -0.25) is 0 Å². The standard InChI is InChI=1S/C20H21N3O3S/c1-2-11-7-15-13(8-18(25)26-17(15)9-16(11)24)10-27-20-22-21-19(12-3-4-12)23(20)14-5-6-14/h7-9,12,14,24H,2-6,10H2,1H3. The second kappa shape index (κ2) is 6.41.